The number of rotatable bonds is 3. The Hall–Kier alpha value is -1.65. The van der Waals surface area contributed by atoms with Gasteiger partial charge in [-0.3, -0.25) is 0 Å². The summed E-state index contributed by atoms with van der Waals surface area (Å²) >= 11 is 0. The molecule has 3 nitrogen and oxygen atoms in total. The number of halogens is 2. The molecule has 1 heterocycles. The fraction of sp³-hybridized carbons (Fsp3) is 0.462. The van der Waals surface area contributed by atoms with Crippen LogP contribution in [0.4, 0.5) is 14.5 Å². The molecule has 1 N–H and O–H groups in total. The first-order chi connectivity index (χ1) is 8.40. The first kappa shape index (κ1) is 12.8. The number of ether oxygens (including phenoxy) is 1. The van der Waals surface area contributed by atoms with Crippen LogP contribution >= 0.6 is 0 Å². The maximum atomic E-state index is 13.0. The van der Waals surface area contributed by atoms with Gasteiger partial charge in [0.15, 0.2) is 0 Å². The van der Waals surface area contributed by atoms with Gasteiger partial charge >= 0.3 is 11.9 Å². The van der Waals surface area contributed by atoms with E-state index in [0.29, 0.717) is 0 Å². The van der Waals surface area contributed by atoms with Crippen molar-refractivity contribution in [2.45, 2.75) is 32.3 Å². The largest absolute Gasteiger partial charge is 0.456 e. The summed E-state index contributed by atoms with van der Waals surface area (Å²) in [6.07, 6.45) is -1.32. The van der Waals surface area contributed by atoms with E-state index in [1.807, 2.05) is 32.0 Å². The number of cyclic esters (lactones) is 1. The van der Waals surface area contributed by atoms with Crippen LogP contribution in [0.25, 0.3) is 0 Å². The summed E-state index contributed by atoms with van der Waals surface area (Å²) in [6.45, 7) is 4.07. The van der Waals surface area contributed by atoms with Crippen LogP contribution in [0, 0.1) is 13.8 Å². The zero-order valence-electron chi connectivity index (χ0n) is 10.3. The van der Waals surface area contributed by atoms with E-state index in [4.69, 9.17) is 0 Å². The molecule has 0 spiro atoms. The summed E-state index contributed by atoms with van der Waals surface area (Å²) < 4.78 is 30.6. The van der Waals surface area contributed by atoms with Gasteiger partial charge in [0.2, 0.25) is 0 Å². The normalized spacial score (nSPS) is 21.8. The Morgan fingerprint density at radius 1 is 1.39 bits per heavy atom. The molecule has 1 aromatic rings. The van der Waals surface area contributed by atoms with Crippen LogP contribution in [0.2, 0.25) is 0 Å². The van der Waals surface area contributed by atoms with Crippen LogP contribution in [0.1, 0.15) is 17.5 Å². The Labute approximate surface area is 104 Å². The second-order valence-electron chi connectivity index (χ2n) is 4.58. The Bertz CT molecular complexity index is 454. The maximum absolute atomic E-state index is 13.0. The molecule has 1 atom stereocenters. The standard InChI is InChI=1S/C13H15F2NO2/c1-8-4-3-5-9(2)11(8)16-7-10-6-13(14,15)12(17)18-10/h3-5,10,16H,6-7H2,1-2H3. The molecule has 98 valence electrons. The Morgan fingerprint density at radius 3 is 2.50 bits per heavy atom. The number of anilines is 1. The predicted molar refractivity (Wildman–Crippen MR) is 63.8 cm³/mol. The van der Waals surface area contributed by atoms with E-state index in [9.17, 15) is 13.6 Å². The first-order valence-electron chi connectivity index (χ1n) is 5.79. The minimum atomic E-state index is -3.34. The van der Waals surface area contributed by atoms with Gasteiger partial charge < -0.3 is 10.1 Å². The van der Waals surface area contributed by atoms with Gasteiger partial charge in [0, 0.05) is 5.69 Å². The van der Waals surface area contributed by atoms with Crippen molar-refractivity contribution in [3.05, 3.63) is 29.3 Å². The Morgan fingerprint density at radius 2 is 2.00 bits per heavy atom. The van der Waals surface area contributed by atoms with Crippen molar-refractivity contribution in [3.63, 3.8) is 0 Å². The number of nitrogens with one attached hydrogen (secondary N) is 1. The number of carbonyl (C=O) groups excluding carboxylic acids is 1. The van der Waals surface area contributed by atoms with E-state index < -0.39 is 24.4 Å². The number of hydrogen-bond acceptors (Lipinski definition) is 3. The van der Waals surface area contributed by atoms with Crippen molar-refractivity contribution in [1.82, 2.24) is 0 Å². The molecule has 0 saturated carbocycles. The third-order valence-electron chi connectivity index (χ3n) is 3.04. The smallest absolute Gasteiger partial charge is 0.377 e. The molecule has 1 fully saturated rings. The van der Waals surface area contributed by atoms with Gasteiger partial charge in [0.05, 0.1) is 13.0 Å². The van der Waals surface area contributed by atoms with E-state index >= 15 is 0 Å². The molecule has 1 saturated heterocycles. The lowest BCUT2D eigenvalue weighted by atomic mass is 10.1. The van der Waals surface area contributed by atoms with Gasteiger partial charge in [0.25, 0.3) is 0 Å². The zero-order valence-corrected chi connectivity index (χ0v) is 10.3. The minimum Gasteiger partial charge on any atom is -0.456 e. The SMILES string of the molecule is Cc1cccc(C)c1NCC1CC(F)(F)C(=O)O1. The number of benzene rings is 1. The molecule has 1 unspecified atom stereocenters. The lowest BCUT2D eigenvalue weighted by Gasteiger charge is -2.15. The van der Waals surface area contributed by atoms with Crippen LogP contribution in [-0.4, -0.2) is 24.5 Å². The van der Waals surface area contributed by atoms with E-state index in [-0.39, 0.29) is 6.54 Å². The van der Waals surface area contributed by atoms with Gasteiger partial charge in [-0.1, -0.05) is 18.2 Å². The van der Waals surface area contributed by atoms with Crippen LogP contribution in [0.3, 0.4) is 0 Å². The summed E-state index contributed by atoms with van der Waals surface area (Å²) in [7, 11) is 0. The third-order valence-corrected chi connectivity index (χ3v) is 3.04. The number of para-hydroxylation sites is 1. The minimum absolute atomic E-state index is 0.201. The van der Waals surface area contributed by atoms with Gasteiger partial charge in [-0.15, -0.1) is 0 Å². The lowest BCUT2D eigenvalue weighted by Crippen LogP contribution is -2.22. The highest BCUT2D eigenvalue weighted by atomic mass is 19.3. The summed E-state index contributed by atoms with van der Waals surface area (Å²) in [5, 5.41) is 3.07. The second kappa shape index (κ2) is 4.55. The molecular weight excluding hydrogens is 240 g/mol. The first-order valence-corrected chi connectivity index (χ1v) is 5.79. The highest BCUT2D eigenvalue weighted by Gasteiger charge is 2.50. The van der Waals surface area contributed by atoms with Crippen LogP contribution < -0.4 is 5.32 Å². The van der Waals surface area contributed by atoms with Gasteiger partial charge in [-0.2, -0.15) is 8.78 Å². The topological polar surface area (TPSA) is 38.3 Å². The van der Waals surface area contributed by atoms with Crippen LogP contribution in [0.5, 0.6) is 0 Å². The summed E-state index contributed by atoms with van der Waals surface area (Å²) in [4.78, 5) is 10.9. The van der Waals surface area contributed by atoms with Crippen molar-refractivity contribution in [2.24, 2.45) is 0 Å². The molecule has 0 radical (unpaired) electrons. The van der Waals surface area contributed by atoms with E-state index in [0.717, 1.165) is 16.8 Å². The summed E-state index contributed by atoms with van der Waals surface area (Å²) in [5.41, 5.74) is 2.97. The average Bonchev–Trinajstić information content (AvgIpc) is 2.52. The summed E-state index contributed by atoms with van der Waals surface area (Å²) in [5.74, 6) is -4.76. The molecule has 0 amide bonds. The molecule has 1 aromatic carbocycles. The average molecular weight is 255 g/mol. The predicted octanol–water partition coefficient (Wildman–Crippen LogP) is 2.67. The lowest BCUT2D eigenvalue weighted by molar-refractivity contribution is -0.158. The van der Waals surface area contributed by atoms with Crippen molar-refractivity contribution < 1.29 is 18.3 Å². The van der Waals surface area contributed by atoms with Gasteiger partial charge in [-0.05, 0) is 25.0 Å². The Kier molecular flexibility index (Phi) is 3.24. The van der Waals surface area contributed by atoms with Gasteiger partial charge in [-0.25, -0.2) is 4.79 Å². The van der Waals surface area contributed by atoms with Crippen LogP contribution in [-0.2, 0) is 9.53 Å². The number of aryl methyl sites for hydroxylation is 2. The highest BCUT2D eigenvalue weighted by Crippen LogP contribution is 2.31. The summed E-state index contributed by atoms with van der Waals surface area (Å²) in [6, 6.07) is 5.80. The van der Waals surface area contributed by atoms with Crippen molar-refractivity contribution in [1.29, 1.82) is 0 Å². The van der Waals surface area contributed by atoms with Crippen molar-refractivity contribution >= 4 is 11.7 Å². The monoisotopic (exact) mass is 255 g/mol. The molecular formula is C13H15F2NO2. The van der Waals surface area contributed by atoms with Gasteiger partial charge in [0.1, 0.15) is 6.10 Å². The Balaban J connectivity index is 1.99. The van der Waals surface area contributed by atoms with E-state index in [1.165, 1.54) is 0 Å². The molecule has 18 heavy (non-hydrogen) atoms. The quantitative estimate of drug-likeness (QED) is 0.844. The molecule has 1 aliphatic heterocycles. The molecule has 0 bridgehead atoms. The number of carbonyl (C=O) groups is 1. The number of alkyl halides is 2. The molecule has 2 rings (SSSR count). The van der Waals surface area contributed by atoms with Crippen LogP contribution in [0.15, 0.2) is 18.2 Å². The fourth-order valence-electron chi connectivity index (χ4n) is 2.07. The molecule has 0 aromatic heterocycles. The zero-order chi connectivity index (χ0) is 13.3. The van der Waals surface area contributed by atoms with Crippen molar-refractivity contribution in [3.8, 4) is 0 Å². The maximum Gasteiger partial charge on any atom is 0.377 e. The molecule has 5 heteroatoms. The van der Waals surface area contributed by atoms with E-state index in [1.54, 1.807) is 0 Å². The molecule has 0 aliphatic carbocycles. The number of esters is 1. The van der Waals surface area contributed by atoms with E-state index in [2.05, 4.69) is 10.1 Å². The third kappa shape index (κ3) is 2.44. The van der Waals surface area contributed by atoms with Crippen molar-refractivity contribution in [2.75, 3.05) is 11.9 Å². The second-order valence-corrected chi connectivity index (χ2v) is 4.58. The molecule has 1 aliphatic rings. The fourth-order valence-corrected chi connectivity index (χ4v) is 2.07. The highest BCUT2D eigenvalue weighted by molar-refractivity contribution is 5.79. The number of hydrogen-bond donors (Lipinski definition) is 1.